The molecule has 0 bridgehead atoms. The molecule has 0 N–H and O–H groups in total. The van der Waals surface area contributed by atoms with Gasteiger partial charge in [-0.25, -0.2) is 9.59 Å². The van der Waals surface area contributed by atoms with Gasteiger partial charge in [0.1, 0.15) is 11.6 Å². The Hall–Kier alpha value is -1.83. The van der Waals surface area contributed by atoms with Crippen LogP contribution >= 0.6 is 0 Å². The van der Waals surface area contributed by atoms with Crippen molar-refractivity contribution in [2.75, 3.05) is 6.61 Å². The van der Waals surface area contributed by atoms with Gasteiger partial charge in [0.15, 0.2) is 0 Å². The van der Waals surface area contributed by atoms with Gasteiger partial charge < -0.3 is 9.47 Å². The van der Waals surface area contributed by atoms with E-state index >= 15 is 0 Å². The van der Waals surface area contributed by atoms with Crippen molar-refractivity contribution in [2.24, 2.45) is 0 Å². The third kappa shape index (κ3) is 5.47. The Balaban J connectivity index is 4.30. The summed E-state index contributed by atoms with van der Waals surface area (Å²) in [7, 11) is 0. The smallest absolute Gasteiger partial charge is 0.434 e. The zero-order chi connectivity index (χ0) is 11.7. The quantitative estimate of drug-likeness (QED) is 0.307. The number of nitrogens with zero attached hydrogens (tertiary/aromatic N) is 1. The molecule has 0 heterocycles. The molecule has 0 aromatic carbocycles. The van der Waals surface area contributed by atoms with Gasteiger partial charge in [-0.05, 0) is 13.3 Å². The van der Waals surface area contributed by atoms with Crippen molar-refractivity contribution in [3.8, 4) is 6.07 Å². The maximum atomic E-state index is 11.2. The second kappa shape index (κ2) is 7.56. The maximum absolute atomic E-state index is 11.2. The number of unbranched alkanes of at least 4 members (excludes halogenated alkanes) is 1. The molecule has 0 aromatic heterocycles. The lowest BCUT2D eigenvalue weighted by molar-refractivity contribution is -0.134. The molecule has 0 saturated carbocycles. The van der Waals surface area contributed by atoms with Crippen molar-refractivity contribution in [1.82, 2.24) is 0 Å². The van der Waals surface area contributed by atoms with Crippen LogP contribution in [0.15, 0.2) is 11.6 Å². The molecular weight excluding hydrogens is 198 g/mol. The summed E-state index contributed by atoms with van der Waals surface area (Å²) in [6.45, 7) is 3.61. The number of carbonyl (C=O) groups excluding carboxylic acids is 2. The minimum absolute atomic E-state index is 0.118. The van der Waals surface area contributed by atoms with Crippen LogP contribution < -0.4 is 0 Å². The first-order chi connectivity index (χ1) is 7.15. The largest absolute Gasteiger partial charge is 0.516 e. The lowest BCUT2D eigenvalue weighted by atomic mass is 10.2. The number of hydrogen-bond acceptors (Lipinski definition) is 5. The zero-order valence-corrected chi connectivity index (χ0v) is 8.78. The number of hydrogen-bond donors (Lipinski definition) is 0. The Kier molecular flexibility index (Phi) is 6.64. The Morgan fingerprint density at radius 1 is 1.40 bits per heavy atom. The molecule has 0 saturated heterocycles. The molecule has 0 aliphatic carbocycles. The van der Waals surface area contributed by atoms with Crippen LogP contribution in [0.3, 0.4) is 0 Å². The molecule has 0 aliphatic heterocycles. The molecule has 0 rings (SSSR count). The SMILES string of the molecule is CCCC=C(C#N)C(=O)OC(=O)OCC. The zero-order valence-electron chi connectivity index (χ0n) is 8.78. The molecule has 0 unspecified atom stereocenters. The van der Waals surface area contributed by atoms with Gasteiger partial charge >= 0.3 is 12.1 Å². The molecule has 0 aliphatic rings. The topological polar surface area (TPSA) is 76.4 Å². The first-order valence-electron chi connectivity index (χ1n) is 4.64. The fourth-order valence-corrected chi connectivity index (χ4v) is 0.741. The van der Waals surface area contributed by atoms with Gasteiger partial charge in [0, 0.05) is 0 Å². The summed E-state index contributed by atoms with van der Waals surface area (Å²) in [5, 5.41) is 8.59. The average Bonchev–Trinajstić information content (AvgIpc) is 2.19. The van der Waals surface area contributed by atoms with Crippen LogP contribution in [0.2, 0.25) is 0 Å². The minimum Gasteiger partial charge on any atom is -0.434 e. The summed E-state index contributed by atoms with van der Waals surface area (Å²) in [6.07, 6.45) is 1.74. The van der Waals surface area contributed by atoms with Crippen molar-refractivity contribution in [1.29, 1.82) is 5.26 Å². The second-order valence-corrected chi connectivity index (χ2v) is 2.59. The molecule has 5 heteroatoms. The van der Waals surface area contributed by atoms with E-state index in [1.807, 2.05) is 6.92 Å². The van der Waals surface area contributed by atoms with E-state index in [9.17, 15) is 9.59 Å². The molecule has 82 valence electrons. The van der Waals surface area contributed by atoms with Crippen LogP contribution in [0.25, 0.3) is 0 Å². The summed E-state index contributed by atoms with van der Waals surface area (Å²) in [6, 6.07) is 1.66. The maximum Gasteiger partial charge on any atom is 0.516 e. The van der Waals surface area contributed by atoms with Crippen LogP contribution in [0.4, 0.5) is 4.79 Å². The van der Waals surface area contributed by atoms with Gasteiger partial charge in [-0.2, -0.15) is 5.26 Å². The van der Waals surface area contributed by atoms with Crippen LogP contribution in [0.5, 0.6) is 0 Å². The van der Waals surface area contributed by atoms with E-state index in [4.69, 9.17) is 5.26 Å². The van der Waals surface area contributed by atoms with Gasteiger partial charge in [-0.3, -0.25) is 0 Å². The van der Waals surface area contributed by atoms with E-state index in [2.05, 4.69) is 9.47 Å². The van der Waals surface area contributed by atoms with Gasteiger partial charge in [-0.15, -0.1) is 0 Å². The molecule has 0 atom stereocenters. The highest BCUT2D eigenvalue weighted by Crippen LogP contribution is 2.02. The third-order valence-corrected chi connectivity index (χ3v) is 1.42. The van der Waals surface area contributed by atoms with Gasteiger partial charge in [0.05, 0.1) is 6.61 Å². The lowest BCUT2D eigenvalue weighted by Crippen LogP contribution is -2.14. The number of allylic oxidation sites excluding steroid dienone is 1. The van der Waals surface area contributed by atoms with Gasteiger partial charge in [0.25, 0.3) is 0 Å². The summed E-state index contributed by atoms with van der Waals surface area (Å²) >= 11 is 0. The predicted octanol–water partition coefficient (Wildman–Crippen LogP) is 1.94. The third-order valence-electron chi connectivity index (χ3n) is 1.42. The summed E-state index contributed by atoms with van der Waals surface area (Å²) < 4.78 is 8.64. The van der Waals surface area contributed by atoms with Crippen molar-refractivity contribution >= 4 is 12.1 Å². The summed E-state index contributed by atoms with van der Waals surface area (Å²) in [5.41, 5.74) is -0.176. The van der Waals surface area contributed by atoms with Crippen molar-refractivity contribution < 1.29 is 19.1 Å². The first-order valence-corrected chi connectivity index (χ1v) is 4.64. The molecule has 0 aromatic rings. The van der Waals surface area contributed by atoms with Crippen LogP contribution in [-0.4, -0.2) is 18.7 Å². The molecular formula is C10H13NO4. The highest BCUT2D eigenvalue weighted by Gasteiger charge is 2.15. The lowest BCUT2D eigenvalue weighted by Gasteiger charge is -2.00. The number of carbonyl (C=O) groups is 2. The monoisotopic (exact) mass is 211 g/mol. The number of rotatable bonds is 4. The molecule has 0 radical (unpaired) electrons. The Morgan fingerprint density at radius 3 is 2.53 bits per heavy atom. The van der Waals surface area contributed by atoms with E-state index in [-0.39, 0.29) is 12.2 Å². The van der Waals surface area contributed by atoms with Crippen LogP contribution in [0.1, 0.15) is 26.7 Å². The molecule has 0 fully saturated rings. The van der Waals surface area contributed by atoms with E-state index in [0.29, 0.717) is 6.42 Å². The highest BCUT2D eigenvalue weighted by molar-refractivity contribution is 5.97. The average molecular weight is 211 g/mol. The van der Waals surface area contributed by atoms with Crippen molar-refractivity contribution in [3.05, 3.63) is 11.6 Å². The van der Waals surface area contributed by atoms with Gasteiger partial charge in [-0.1, -0.05) is 19.4 Å². The van der Waals surface area contributed by atoms with E-state index in [1.54, 1.807) is 13.0 Å². The number of nitriles is 1. The number of esters is 1. The van der Waals surface area contributed by atoms with E-state index < -0.39 is 12.1 Å². The van der Waals surface area contributed by atoms with E-state index in [1.165, 1.54) is 6.08 Å². The number of ether oxygens (including phenoxy) is 2. The minimum atomic E-state index is -1.08. The van der Waals surface area contributed by atoms with Crippen molar-refractivity contribution in [2.45, 2.75) is 26.7 Å². The molecule has 15 heavy (non-hydrogen) atoms. The Morgan fingerprint density at radius 2 is 2.07 bits per heavy atom. The molecule has 0 spiro atoms. The normalized spacial score (nSPS) is 10.3. The van der Waals surface area contributed by atoms with Crippen LogP contribution in [0, 0.1) is 11.3 Å². The highest BCUT2D eigenvalue weighted by atomic mass is 16.7. The Labute approximate surface area is 88.3 Å². The molecule has 5 nitrogen and oxygen atoms in total. The molecule has 0 amide bonds. The standard InChI is InChI=1S/C10H13NO4/c1-3-5-6-8(7-11)9(12)15-10(13)14-4-2/h6H,3-5H2,1-2H3. The summed E-state index contributed by atoms with van der Waals surface area (Å²) in [5.74, 6) is -0.968. The Bertz CT molecular complexity index is 301. The van der Waals surface area contributed by atoms with Gasteiger partial charge in [0.2, 0.25) is 0 Å². The predicted molar refractivity (Wildman–Crippen MR) is 51.7 cm³/mol. The summed E-state index contributed by atoms with van der Waals surface area (Å²) in [4.78, 5) is 21.9. The first kappa shape index (κ1) is 13.2. The fraction of sp³-hybridized carbons (Fsp3) is 0.500. The van der Waals surface area contributed by atoms with Crippen LogP contribution in [-0.2, 0) is 14.3 Å². The fourth-order valence-electron chi connectivity index (χ4n) is 0.741. The second-order valence-electron chi connectivity index (χ2n) is 2.59. The van der Waals surface area contributed by atoms with E-state index in [0.717, 1.165) is 6.42 Å². The van der Waals surface area contributed by atoms with Crippen molar-refractivity contribution in [3.63, 3.8) is 0 Å².